The molecule has 0 aliphatic heterocycles. The smallest absolute Gasteiger partial charge is 0.305 e. The van der Waals surface area contributed by atoms with Crippen molar-refractivity contribution in [1.29, 1.82) is 0 Å². The number of rotatable bonds is 5. The Morgan fingerprint density at radius 1 is 1.50 bits per heavy atom. The molecule has 3 nitrogen and oxygen atoms in total. The van der Waals surface area contributed by atoms with Crippen LogP contribution in [0.25, 0.3) is 0 Å². The molecule has 1 rings (SSSR count). The van der Waals surface area contributed by atoms with E-state index >= 15 is 0 Å². The lowest BCUT2D eigenvalue weighted by atomic mass is 10.0. The van der Waals surface area contributed by atoms with Gasteiger partial charge < -0.3 is 10.5 Å². The molecule has 0 saturated carbocycles. The molecule has 0 bridgehead atoms. The Labute approximate surface area is 94.4 Å². The van der Waals surface area contributed by atoms with E-state index in [1.165, 1.54) is 13.2 Å². The van der Waals surface area contributed by atoms with Gasteiger partial charge in [-0.3, -0.25) is 4.79 Å². The quantitative estimate of drug-likeness (QED) is 0.775. The summed E-state index contributed by atoms with van der Waals surface area (Å²) in [6.07, 6.45) is 1.21. The number of hydrogen-bond acceptors (Lipinski definition) is 3. The fraction of sp³-hybridized carbons (Fsp3) is 0.417. The van der Waals surface area contributed by atoms with Crippen LogP contribution >= 0.6 is 0 Å². The maximum atomic E-state index is 13.3. The molecular weight excluding hydrogens is 209 g/mol. The number of nitrogens with two attached hydrogens (primary N) is 1. The largest absolute Gasteiger partial charge is 0.469 e. The fourth-order valence-corrected chi connectivity index (χ4v) is 1.45. The Morgan fingerprint density at radius 2 is 2.19 bits per heavy atom. The first-order valence-electron chi connectivity index (χ1n) is 5.19. The third-order valence-electron chi connectivity index (χ3n) is 2.39. The lowest BCUT2D eigenvalue weighted by molar-refractivity contribution is -0.140. The topological polar surface area (TPSA) is 52.3 Å². The number of hydrogen-bond donors (Lipinski definition) is 1. The Hall–Kier alpha value is -1.42. The summed E-state index contributed by atoms with van der Waals surface area (Å²) in [6.45, 7) is 0. The van der Waals surface area contributed by atoms with Gasteiger partial charge in [-0.2, -0.15) is 0 Å². The molecule has 0 heterocycles. The molecule has 1 atom stereocenters. The molecule has 0 saturated heterocycles. The Bertz CT molecular complexity index is 355. The second-order valence-corrected chi connectivity index (χ2v) is 3.67. The van der Waals surface area contributed by atoms with Gasteiger partial charge in [0.1, 0.15) is 5.82 Å². The minimum absolute atomic E-state index is 0.226. The van der Waals surface area contributed by atoms with Crippen LogP contribution in [-0.2, 0) is 16.0 Å². The molecule has 0 aliphatic rings. The van der Waals surface area contributed by atoms with Gasteiger partial charge in [-0.15, -0.1) is 0 Å². The number of benzene rings is 1. The van der Waals surface area contributed by atoms with Crippen LogP contribution in [0, 0.1) is 5.82 Å². The number of carbonyl (C=O) groups excluding carboxylic acids is 1. The van der Waals surface area contributed by atoms with Crippen LogP contribution < -0.4 is 5.73 Å². The summed E-state index contributed by atoms with van der Waals surface area (Å²) < 4.78 is 17.8. The highest BCUT2D eigenvalue weighted by molar-refractivity contribution is 5.69. The van der Waals surface area contributed by atoms with E-state index in [9.17, 15) is 9.18 Å². The predicted octanol–water partition coefficient (Wildman–Crippen LogP) is 1.65. The molecule has 2 N–H and O–H groups in total. The standard InChI is InChI=1S/C12H16FNO2/c1-16-12(15)7-6-10(14)8-9-4-2-3-5-11(9)13/h2-5,10H,6-8,14H2,1H3. The van der Waals surface area contributed by atoms with Crippen LogP contribution in [0.2, 0.25) is 0 Å². The van der Waals surface area contributed by atoms with Crippen molar-refractivity contribution in [2.75, 3.05) is 7.11 Å². The molecule has 1 aromatic carbocycles. The van der Waals surface area contributed by atoms with Crippen molar-refractivity contribution < 1.29 is 13.9 Å². The van der Waals surface area contributed by atoms with Crippen LogP contribution in [0.5, 0.6) is 0 Å². The predicted molar refractivity (Wildman–Crippen MR) is 59.3 cm³/mol. The Balaban J connectivity index is 2.43. The van der Waals surface area contributed by atoms with E-state index in [2.05, 4.69) is 4.74 Å². The van der Waals surface area contributed by atoms with Gasteiger partial charge in [0, 0.05) is 12.5 Å². The molecule has 1 aromatic rings. The first-order chi connectivity index (χ1) is 7.63. The maximum absolute atomic E-state index is 13.3. The van der Waals surface area contributed by atoms with E-state index < -0.39 is 0 Å². The van der Waals surface area contributed by atoms with E-state index in [-0.39, 0.29) is 24.2 Å². The summed E-state index contributed by atoms with van der Waals surface area (Å²) in [6, 6.07) is 6.29. The summed E-state index contributed by atoms with van der Waals surface area (Å²) >= 11 is 0. The van der Waals surface area contributed by atoms with Gasteiger partial charge in [-0.1, -0.05) is 18.2 Å². The molecule has 0 amide bonds. The molecule has 0 aromatic heterocycles. The first-order valence-corrected chi connectivity index (χ1v) is 5.19. The highest BCUT2D eigenvalue weighted by atomic mass is 19.1. The zero-order valence-electron chi connectivity index (χ0n) is 9.28. The Kier molecular flexibility index (Phi) is 4.92. The number of esters is 1. The van der Waals surface area contributed by atoms with Crippen molar-refractivity contribution >= 4 is 5.97 Å². The summed E-state index contributed by atoms with van der Waals surface area (Å²) in [5.41, 5.74) is 6.39. The molecule has 16 heavy (non-hydrogen) atoms. The maximum Gasteiger partial charge on any atom is 0.305 e. The van der Waals surface area contributed by atoms with Crippen molar-refractivity contribution in [3.63, 3.8) is 0 Å². The van der Waals surface area contributed by atoms with Gasteiger partial charge in [0.2, 0.25) is 0 Å². The van der Waals surface area contributed by atoms with Crippen molar-refractivity contribution in [3.05, 3.63) is 35.6 Å². The number of ether oxygens (including phenoxy) is 1. The highest BCUT2D eigenvalue weighted by Gasteiger charge is 2.10. The Morgan fingerprint density at radius 3 is 2.81 bits per heavy atom. The summed E-state index contributed by atoms with van der Waals surface area (Å²) in [5, 5.41) is 0. The van der Waals surface area contributed by atoms with Gasteiger partial charge in [-0.05, 0) is 24.5 Å². The SMILES string of the molecule is COC(=O)CCC(N)Cc1ccccc1F. The van der Waals surface area contributed by atoms with Crippen LogP contribution in [0.15, 0.2) is 24.3 Å². The number of methoxy groups -OCH3 is 1. The second kappa shape index (κ2) is 6.23. The third-order valence-corrected chi connectivity index (χ3v) is 2.39. The minimum Gasteiger partial charge on any atom is -0.469 e. The van der Waals surface area contributed by atoms with Crippen molar-refractivity contribution in [3.8, 4) is 0 Å². The number of carbonyl (C=O) groups is 1. The van der Waals surface area contributed by atoms with Crippen LogP contribution in [0.3, 0.4) is 0 Å². The molecule has 0 radical (unpaired) electrons. The van der Waals surface area contributed by atoms with Gasteiger partial charge in [0.15, 0.2) is 0 Å². The second-order valence-electron chi connectivity index (χ2n) is 3.67. The van der Waals surface area contributed by atoms with Gasteiger partial charge in [-0.25, -0.2) is 4.39 Å². The normalized spacial score (nSPS) is 12.2. The van der Waals surface area contributed by atoms with E-state index in [0.29, 0.717) is 18.4 Å². The third kappa shape index (κ3) is 3.98. The lowest BCUT2D eigenvalue weighted by Crippen LogP contribution is -2.24. The number of halogens is 1. The average Bonchev–Trinajstić information content (AvgIpc) is 2.29. The average molecular weight is 225 g/mol. The van der Waals surface area contributed by atoms with Gasteiger partial charge in [0.05, 0.1) is 7.11 Å². The van der Waals surface area contributed by atoms with Gasteiger partial charge >= 0.3 is 5.97 Å². The fourth-order valence-electron chi connectivity index (χ4n) is 1.45. The summed E-state index contributed by atoms with van der Waals surface area (Å²) in [5.74, 6) is -0.542. The van der Waals surface area contributed by atoms with E-state index in [1.54, 1.807) is 18.2 Å². The minimum atomic E-state index is -0.288. The zero-order chi connectivity index (χ0) is 12.0. The van der Waals surface area contributed by atoms with E-state index in [4.69, 9.17) is 5.73 Å². The highest BCUT2D eigenvalue weighted by Crippen LogP contribution is 2.10. The molecular formula is C12H16FNO2. The van der Waals surface area contributed by atoms with Crippen molar-refractivity contribution in [2.24, 2.45) is 5.73 Å². The first kappa shape index (κ1) is 12.6. The van der Waals surface area contributed by atoms with Crippen LogP contribution in [0.1, 0.15) is 18.4 Å². The monoisotopic (exact) mass is 225 g/mol. The molecule has 0 spiro atoms. The van der Waals surface area contributed by atoms with E-state index in [0.717, 1.165) is 0 Å². The zero-order valence-corrected chi connectivity index (χ0v) is 9.28. The molecule has 4 heteroatoms. The molecule has 1 unspecified atom stereocenters. The molecule has 0 fully saturated rings. The summed E-state index contributed by atoms with van der Waals surface area (Å²) in [7, 11) is 1.34. The molecule has 88 valence electrons. The van der Waals surface area contributed by atoms with Crippen molar-refractivity contribution in [2.45, 2.75) is 25.3 Å². The van der Waals surface area contributed by atoms with Crippen LogP contribution in [0.4, 0.5) is 4.39 Å². The van der Waals surface area contributed by atoms with Gasteiger partial charge in [0.25, 0.3) is 0 Å². The van der Waals surface area contributed by atoms with Crippen molar-refractivity contribution in [1.82, 2.24) is 0 Å². The van der Waals surface area contributed by atoms with Crippen LogP contribution in [-0.4, -0.2) is 19.1 Å². The summed E-state index contributed by atoms with van der Waals surface area (Å²) in [4.78, 5) is 10.9. The molecule has 0 aliphatic carbocycles. The lowest BCUT2D eigenvalue weighted by Gasteiger charge is -2.11. The van der Waals surface area contributed by atoms with E-state index in [1.807, 2.05) is 0 Å².